The van der Waals surface area contributed by atoms with Crippen molar-refractivity contribution in [1.29, 1.82) is 0 Å². The molecule has 0 radical (unpaired) electrons. The zero-order chi connectivity index (χ0) is 21.7. The number of nitrogens with zero attached hydrogens (tertiary/aromatic N) is 3. The summed E-state index contributed by atoms with van der Waals surface area (Å²) in [5.41, 5.74) is 2.35. The summed E-state index contributed by atoms with van der Waals surface area (Å²) in [7, 11) is 2.04. The van der Waals surface area contributed by atoms with Crippen LogP contribution in [0.2, 0.25) is 5.02 Å². The third kappa shape index (κ3) is 3.44. The first kappa shape index (κ1) is 20.8. The Hall–Kier alpha value is -2.06. The maximum Gasteiger partial charge on any atom is 0.271 e. The predicted octanol–water partition coefficient (Wildman–Crippen LogP) is 4.24. The van der Waals surface area contributed by atoms with Crippen LogP contribution in [-0.2, 0) is 13.1 Å². The van der Waals surface area contributed by atoms with Crippen molar-refractivity contribution in [2.45, 2.75) is 31.8 Å². The van der Waals surface area contributed by atoms with Crippen molar-refractivity contribution < 1.29 is 4.57 Å². The van der Waals surface area contributed by atoms with Crippen LogP contribution in [0.4, 0.5) is 5.69 Å². The minimum Gasteiger partial charge on any atom is -0.337 e. The predicted molar refractivity (Wildman–Crippen MR) is 134 cm³/mol. The van der Waals surface area contributed by atoms with Gasteiger partial charge in [0.2, 0.25) is 5.52 Å². The van der Waals surface area contributed by atoms with Crippen LogP contribution >= 0.6 is 46.0 Å². The van der Waals surface area contributed by atoms with Crippen LogP contribution in [0.25, 0.3) is 21.3 Å². The van der Waals surface area contributed by atoms with Crippen LogP contribution in [0, 0.1) is 0 Å². The van der Waals surface area contributed by atoms with Gasteiger partial charge in [-0.15, -0.1) is 11.3 Å². The molecule has 31 heavy (non-hydrogen) atoms. The number of benzene rings is 2. The second-order valence-electron chi connectivity index (χ2n) is 7.19. The van der Waals surface area contributed by atoms with E-state index in [9.17, 15) is 4.79 Å². The molecule has 158 valence electrons. The maximum atomic E-state index is 13.3. The van der Waals surface area contributed by atoms with Gasteiger partial charge in [-0.05, 0) is 38.1 Å². The fraction of sp³-hybridized carbons (Fsp3) is 0.217. The molecule has 0 aliphatic carbocycles. The Kier molecular flexibility index (Phi) is 5.46. The topological polar surface area (TPSA) is 29.1 Å². The zero-order valence-electron chi connectivity index (χ0n) is 17.4. The highest BCUT2D eigenvalue weighted by atomic mass is 35.5. The van der Waals surface area contributed by atoms with Gasteiger partial charge in [-0.3, -0.25) is 9.36 Å². The number of aryl methyl sites for hydroxylation is 1. The summed E-state index contributed by atoms with van der Waals surface area (Å²) >= 11 is 11.2. The number of aromatic nitrogens is 2. The van der Waals surface area contributed by atoms with E-state index in [2.05, 4.69) is 40.7 Å². The number of anilines is 1. The Balaban J connectivity index is 1.74. The lowest BCUT2D eigenvalue weighted by Gasteiger charge is -2.11. The van der Waals surface area contributed by atoms with E-state index in [1.54, 1.807) is 34.4 Å². The van der Waals surface area contributed by atoms with Crippen LogP contribution < -0.4 is 24.2 Å². The second-order valence-corrected chi connectivity index (χ2v) is 10.8. The number of thiazole rings is 2. The van der Waals surface area contributed by atoms with Gasteiger partial charge >= 0.3 is 0 Å². The molecule has 8 heteroatoms. The molecule has 0 bridgehead atoms. The SMILES string of the molecule is CCn1c(=Cc2sc3ccc(Cl)cc3[n+]2CC)sc(=C2Sc3ccccc3N2C)c1=O. The van der Waals surface area contributed by atoms with Gasteiger partial charge in [0.25, 0.3) is 10.6 Å². The quantitative estimate of drug-likeness (QED) is 0.405. The van der Waals surface area contributed by atoms with E-state index in [4.69, 9.17) is 11.6 Å². The first-order chi connectivity index (χ1) is 15.0. The Morgan fingerprint density at radius 2 is 1.94 bits per heavy atom. The molecule has 0 amide bonds. The molecule has 4 nitrogen and oxygen atoms in total. The van der Waals surface area contributed by atoms with Gasteiger partial charge in [-0.2, -0.15) is 4.57 Å². The normalized spacial score (nSPS) is 15.9. The van der Waals surface area contributed by atoms with Gasteiger partial charge in [-0.1, -0.05) is 46.8 Å². The molecule has 1 aliphatic heterocycles. The Morgan fingerprint density at radius 1 is 1.13 bits per heavy atom. The number of para-hydroxylation sites is 1. The molecule has 0 fully saturated rings. The first-order valence-electron chi connectivity index (χ1n) is 10.1. The molecule has 2 aromatic carbocycles. The summed E-state index contributed by atoms with van der Waals surface area (Å²) in [5.74, 6) is 0. The number of halogens is 1. The average Bonchev–Trinajstić information content (AvgIpc) is 3.39. The summed E-state index contributed by atoms with van der Waals surface area (Å²) in [6.45, 7) is 5.64. The number of fused-ring (bicyclic) bond motifs is 2. The van der Waals surface area contributed by atoms with Gasteiger partial charge in [0, 0.05) is 29.6 Å². The molecule has 0 N–H and O–H groups in total. The molecule has 0 atom stereocenters. The highest BCUT2D eigenvalue weighted by Gasteiger charge is 2.24. The molecular weight excluding hydrogens is 466 g/mol. The number of thioether (sulfide) groups is 1. The lowest BCUT2D eigenvalue weighted by Crippen LogP contribution is -2.35. The monoisotopic (exact) mass is 486 g/mol. The van der Waals surface area contributed by atoms with E-state index in [0.717, 1.165) is 42.0 Å². The first-order valence-corrected chi connectivity index (χ1v) is 12.9. The van der Waals surface area contributed by atoms with Gasteiger partial charge in [0.15, 0.2) is 0 Å². The minimum atomic E-state index is 0.0770. The molecule has 0 saturated heterocycles. The molecule has 4 aromatic rings. The van der Waals surface area contributed by atoms with E-state index in [1.807, 2.05) is 42.8 Å². The maximum absolute atomic E-state index is 13.3. The van der Waals surface area contributed by atoms with Crippen molar-refractivity contribution in [3.8, 4) is 0 Å². The van der Waals surface area contributed by atoms with Gasteiger partial charge in [0.05, 0.1) is 11.8 Å². The third-order valence-electron chi connectivity index (χ3n) is 5.42. The van der Waals surface area contributed by atoms with Crippen LogP contribution in [0.3, 0.4) is 0 Å². The average molecular weight is 487 g/mol. The number of hydrogen-bond donors (Lipinski definition) is 0. The summed E-state index contributed by atoms with van der Waals surface area (Å²) < 4.78 is 7.09. The van der Waals surface area contributed by atoms with Gasteiger partial charge in [0.1, 0.15) is 25.5 Å². The summed E-state index contributed by atoms with van der Waals surface area (Å²) in [4.78, 5) is 16.7. The van der Waals surface area contributed by atoms with Crippen LogP contribution in [0.5, 0.6) is 0 Å². The Morgan fingerprint density at radius 3 is 2.68 bits per heavy atom. The Labute approximate surface area is 197 Å². The fourth-order valence-electron chi connectivity index (χ4n) is 3.88. The summed E-state index contributed by atoms with van der Waals surface area (Å²) in [6, 6.07) is 14.3. The lowest BCUT2D eigenvalue weighted by atomic mass is 10.3. The smallest absolute Gasteiger partial charge is 0.271 e. The van der Waals surface area contributed by atoms with Crippen molar-refractivity contribution in [1.82, 2.24) is 4.57 Å². The van der Waals surface area contributed by atoms with Gasteiger partial charge in [-0.25, -0.2) is 0 Å². The fourth-order valence-corrected chi connectivity index (χ4v) is 7.72. The van der Waals surface area contributed by atoms with Gasteiger partial charge < -0.3 is 4.90 Å². The van der Waals surface area contributed by atoms with Crippen molar-refractivity contribution in [3.63, 3.8) is 0 Å². The van der Waals surface area contributed by atoms with Crippen molar-refractivity contribution in [2.75, 3.05) is 11.9 Å². The lowest BCUT2D eigenvalue weighted by molar-refractivity contribution is -0.665. The highest BCUT2D eigenvalue weighted by molar-refractivity contribution is 8.08. The second kappa shape index (κ2) is 8.13. The molecule has 2 aromatic heterocycles. The molecule has 0 unspecified atom stereocenters. The third-order valence-corrected chi connectivity index (χ3v) is 9.25. The van der Waals surface area contributed by atoms with Crippen LogP contribution in [0.1, 0.15) is 18.9 Å². The van der Waals surface area contributed by atoms with Crippen LogP contribution in [-0.4, -0.2) is 11.6 Å². The highest BCUT2D eigenvalue weighted by Crippen LogP contribution is 2.44. The molecule has 1 aliphatic rings. The van der Waals surface area contributed by atoms with E-state index in [0.29, 0.717) is 6.54 Å². The van der Waals surface area contributed by atoms with E-state index in [1.165, 1.54) is 9.60 Å². The van der Waals surface area contributed by atoms with E-state index in [-0.39, 0.29) is 5.56 Å². The number of rotatable bonds is 3. The number of hydrogen-bond acceptors (Lipinski definition) is 5. The van der Waals surface area contributed by atoms with Crippen molar-refractivity contribution >= 4 is 73.0 Å². The molecule has 0 spiro atoms. The van der Waals surface area contributed by atoms with Crippen LogP contribution in [0.15, 0.2) is 52.2 Å². The molecular formula is C23H21ClN3OS3+. The van der Waals surface area contributed by atoms with Crippen molar-refractivity contribution in [2.24, 2.45) is 0 Å². The summed E-state index contributed by atoms with van der Waals surface area (Å²) in [6.07, 6.45) is 2.15. The standard InChI is InChI=1S/C23H21ClN3OS3/c1-4-26-16-12-14(24)10-11-18(16)29-19(26)13-20-27(5-2)22(28)21(31-20)23-25(3)15-8-6-7-9-17(15)30-23/h6-13H,4-5H2,1-3H3/q+1. The summed E-state index contributed by atoms with van der Waals surface area (Å²) in [5, 5.41) is 2.86. The van der Waals surface area contributed by atoms with E-state index < -0.39 is 0 Å². The van der Waals surface area contributed by atoms with Crippen molar-refractivity contribution in [3.05, 3.63) is 72.0 Å². The van der Waals surface area contributed by atoms with E-state index >= 15 is 0 Å². The zero-order valence-corrected chi connectivity index (χ0v) is 20.6. The minimum absolute atomic E-state index is 0.0770. The largest absolute Gasteiger partial charge is 0.337 e. The Bertz CT molecular complexity index is 1500. The molecule has 0 saturated carbocycles. The molecule has 5 rings (SSSR count). The molecule has 3 heterocycles.